The molecule has 1 aliphatic carbocycles. The summed E-state index contributed by atoms with van der Waals surface area (Å²) in [4.78, 5) is 5.46. The van der Waals surface area contributed by atoms with Gasteiger partial charge in [-0.2, -0.15) is 0 Å². The van der Waals surface area contributed by atoms with Gasteiger partial charge in [0.1, 0.15) is 0 Å². The molecule has 115 heavy (non-hydrogen) atoms. The Kier molecular flexibility index (Phi) is 16.1. The summed E-state index contributed by atoms with van der Waals surface area (Å²) in [5, 5.41) is 7.57. The Morgan fingerprint density at radius 1 is 0.278 bits per heavy atom. The van der Waals surface area contributed by atoms with Gasteiger partial charge >= 0.3 is 0 Å². The minimum absolute atomic E-state index is 0.0473. The molecule has 4 nitrogen and oxygen atoms in total. The molecular formula is C109H101BN4S. The lowest BCUT2D eigenvalue weighted by Crippen LogP contribution is -2.61. The first-order chi connectivity index (χ1) is 54.8. The van der Waals surface area contributed by atoms with E-state index < -0.39 is 0 Å². The molecule has 3 aromatic heterocycles. The minimum atomic E-state index is -0.279. The number of aromatic nitrogens is 2. The fourth-order valence-corrected chi connectivity index (χ4v) is 20.7. The molecule has 566 valence electrons. The van der Waals surface area contributed by atoms with Crippen LogP contribution in [0.3, 0.4) is 0 Å². The van der Waals surface area contributed by atoms with E-state index in [1.54, 1.807) is 0 Å². The second-order valence-corrected chi connectivity index (χ2v) is 40.4. The van der Waals surface area contributed by atoms with E-state index in [1.807, 2.05) is 11.3 Å². The third kappa shape index (κ3) is 11.5. The Bertz CT molecular complexity index is 6710. The molecule has 0 unspecified atom stereocenters. The Balaban J connectivity index is 0.979. The molecule has 0 bridgehead atoms. The molecule has 14 aromatic carbocycles. The number of thiophene rings is 1. The van der Waals surface area contributed by atoms with Crippen LogP contribution in [-0.4, -0.2) is 15.8 Å². The number of fused-ring (bicyclic) bond motifs is 17. The van der Waals surface area contributed by atoms with Crippen LogP contribution in [0.25, 0.3) is 109 Å². The molecule has 0 atom stereocenters. The zero-order valence-corrected chi connectivity index (χ0v) is 70.7. The number of hydrogen-bond acceptors (Lipinski definition) is 3. The number of benzene rings is 14. The van der Waals surface area contributed by atoms with Crippen molar-refractivity contribution in [2.24, 2.45) is 0 Å². The Labute approximate surface area is 683 Å². The van der Waals surface area contributed by atoms with Gasteiger partial charge in [0.05, 0.1) is 44.8 Å². The number of rotatable bonds is 7. The van der Waals surface area contributed by atoms with Crippen molar-refractivity contribution in [3.63, 3.8) is 0 Å². The third-order valence-corrected chi connectivity index (χ3v) is 26.9. The fraction of sp³-hybridized carbons (Fsp3) is 0.229. The quantitative estimate of drug-likeness (QED) is 0.148. The van der Waals surface area contributed by atoms with Gasteiger partial charge in [0.2, 0.25) is 0 Å². The van der Waals surface area contributed by atoms with Gasteiger partial charge in [-0.3, -0.25) is 0 Å². The van der Waals surface area contributed by atoms with E-state index in [9.17, 15) is 0 Å². The van der Waals surface area contributed by atoms with E-state index in [4.69, 9.17) is 0 Å². The standard InChI is InChI=1S/C109H101BN4S/c1-104(2,3)68-42-48-77-80(56-68)81-57-69(105(4,5)6)43-49-78(81)99(77)67-41-50-86-93(55-67)113(87-38-28-25-35-75(87)65-31-21-19-22-32-65)95-62-74(111-89-51-44-70(106(7,8)9)58-82(89)83-59-71(107(10,11)12)45-52-90(83)111)63-96-101(95)110(86)102-97(114(96)88-39-29-26-36-76(88)66-33-23-20-24-34-66)64-94(100-79-37-27-30-40-98(79)115-103(100)102)112-91-53-46-72(108(13,14)15)60-84(91)85-61-73(109(16,17)18)47-54-92(85)112/h19-64,99H,1-18H3. The number of nitrogens with zero attached hydrogens (tertiary/aromatic N) is 4. The van der Waals surface area contributed by atoms with Gasteiger partial charge in [-0.05, 0) is 212 Å². The molecular weight excluding hydrogens is 1410 g/mol. The van der Waals surface area contributed by atoms with Crippen LogP contribution in [0.5, 0.6) is 0 Å². The SMILES string of the molecule is CC(C)(C)c1ccc2c(c1)-c1cc(C(C)(C)C)ccc1C2c1ccc2c(c1)N(c1ccccc1-c1ccccc1)c1cc(-n3c4ccc(C(C)(C)C)cc4c4cc(C(C)(C)C)ccc43)cc3c1B2c1c(cc(-n2c4ccc(C(C)(C)C)cc4c4cc(C(C)(C)C)ccc42)c2c1sc1ccccc12)N3c1ccccc1-c1ccccc1. The highest BCUT2D eigenvalue weighted by atomic mass is 32.1. The van der Waals surface area contributed by atoms with E-state index in [-0.39, 0.29) is 45.1 Å². The van der Waals surface area contributed by atoms with Crippen molar-refractivity contribution in [2.75, 3.05) is 9.80 Å². The summed E-state index contributed by atoms with van der Waals surface area (Å²) in [5.41, 5.74) is 36.5. The summed E-state index contributed by atoms with van der Waals surface area (Å²) >= 11 is 1.97. The minimum Gasteiger partial charge on any atom is -0.311 e. The normalized spacial score (nSPS) is 13.9. The number of anilines is 6. The van der Waals surface area contributed by atoms with Gasteiger partial charge in [-0.1, -0.05) is 313 Å². The summed E-state index contributed by atoms with van der Waals surface area (Å²) in [6.45, 7) is 42.1. The monoisotopic (exact) mass is 1510 g/mol. The van der Waals surface area contributed by atoms with Crippen molar-refractivity contribution >= 4 is 132 Å². The average molecular weight is 1510 g/mol. The first-order valence-corrected chi connectivity index (χ1v) is 42.3. The molecule has 0 fully saturated rings. The largest absolute Gasteiger partial charge is 0.311 e. The highest BCUT2D eigenvalue weighted by Crippen LogP contribution is 2.56. The Morgan fingerprint density at radius 3 is 1.11 bits per heavy atom. The van der Waals surface area contributed by atoms with Gasteiger partial charge < -0.3 is 18.9 Å². The maximum absolute atomic E-state index is 2.74. The van der Waals surface area contributed by atoms with Crippen LogP contribution in [0.4, 0.5) is 34.1 Å². The zero-order chi connectivity index (χ0) is 79.6. The summed E-state index contributed by atoms with van der Waals surface area (Å²) in [5.74, 6) is -0.0490. The fourth-order valence-electron chi connectivity index (χ4n) is 19.4. The molecule has 3 aliphatic rings. The maximum Gasteiger partial charge on any atom is 0.254 e. The van der Waals surface area contributed by atoms with Crippen molar-refractivity contribution in [3.05, 3.63) is 329 Å². The van der Waals surface area contributed by atoms with E-state index >= 15 is 0 Å². The molecule has 0 spiro atoms. The third-order valence-electron chi connectivity index (χ3n) is 25.7. The molecule has 5 heterocycles. The molecule has 2 aliphatic heterocycles. The highest BCUT2D eigenvalue weighted by Gasteiger charge is 2.48. The van der Waals surface area contributed by atoms with E-state index in [0.29, 0.717) is 0 Å². The molecule has 0 radical (unpaired) electrons. The van der Waals surface area contributed by atoms with E-state index in [0.717, 1.165) is 56.4 Å². The zero-order valence-electron chi connectivity index (χ0n) is 69.9. The van der Waals surface area contributed by atoms with Crippen LogP contribution >= 0.6 is 11.3 Å². The van der Waals surface area contributed by atoms with Gasteiger partial charge in [-0.25, -0.2) is 0 Å². The highest BCUT2D eigenvalue weighted by molar-refractivity contribution is 7.28. The summed E-state index contributed by atoms with van der Waals surface area (Å²) in [6, 6.07) is 110. The maximum atomic E-state index is 2.74. The molecule has 20 rings (SSSR count). The van der Waals surface area contributed by atoms with Crippen LogP contribution in [0.15, 0.2) is 279 Å². The summed E-state index contributed by atoms with van der Waals surface area (Å²) < 4.78 is 7.84. The number of hydrogen-bond donors (Lipinski definition) is 0. The van der Waals surface area contributed by atoms with E-state index in [2.05, 4.69) is 423 Å². The van der Waals surface area contributed by atoms with Crippen LogP contribution in [0, 0.1) is 0 Å². The van der Waals surface area contributed by atoms with Crippen LogP contribution < -0.4 is 26.2 Å². The lowest BCUT2D eigenvalue weighted by molar-refractivity contribution is 0.589. The van der Waals surface area contributed by atoms with Gasteiger partial charge in [0, 0.05) is 81.5 Å². The van der Waals surface area contributed by atoms with Gasteiger partial charge in [-0.15, -0.1) is 11.3 Å². The van der Waals surface area contributed by atoms with Gasteiger partial charge in [0.25, 0.3) is 6.71 Å². The number of para-hydroxylation sites is 2. The predicted molar refractivity (Wildman–Crippen MR) is 498 cm³/mol. The first kappa shape index (κ1) is 72.5. The lowest BCUT2D eigenvalue weighted by Gasteiger charge is -2.45. The smallest absolute Gasteiger partial charge is 0.254 e. The summed E-state index contributed by atoms with van der Waals surface area (Å²) in [7, 11) is 0. The average Bonchev–Trinajstić information content (AvgIpc) is 1.66. The van der Waals surface area contributed by atoms with E-state index in [1.165, 1.54) is 153 Å². The molecule has 17 aromatic rings. The van der Waals surface area contributed by atoms with Crippen LogP contribution in [0.1, 0.15) is 181 Å². The van der Waals surface area contributed by atoms with Crippen molar-refractivity contribution in [1.29, 1.82) is 0 Å². The molecule has 6 heteroatoms. The van der Waals surface area contributed by atoms with Crippen LogP contribution in [-0.2, 0) is 32.5 Å². The summed E-state index contributed by atoms with van der Waals surface area (Å²) in [6.07, 6.45) is 0. The molecule has 0 N–H and O–H groups in total. The first-order valence-electron chi connectivity index (χ1n) is 41.5. The predicted octanol–water partition coefficient (Wildman–Crippen LogP) is 28.6. The topological polar surface area (TPSA) is 16.3 Å². The Hall–Kier alpha value is -11.4. The molecule has 0 saturated heterocycles. The molecule has 0 saturated carbocycles. The second kappa shape index (κ2) is 25.5. The lowest BCUT2D eigenvalue weighted by atomic mass is 9.33. The van der Waals surface area contributed by atoms with Crippen molar-refractivity contribution in [2.45, 2.75) is 163 Å². The second-order valence-electron chi connectivity index (χ2n) is 39.4. The van der Waals surface area contributed by atoms with Crippen LogP contribution in [0.2, 0.25) is 0 Å². The molecule has 0 amide bonds. The Morgan fingerprint density at radius 2 is 0.661 bits per heavy atom. The van der Waals surface area contributed by atoms with Crippen molar-refractivity contribution < 1.29 is 0 Å². The van der Waals surface area contributed by atoms with Crippen molar-refractivity contribution in [1.82, 2.24) is 9.13 Å². The van der Waals surface area contributed by atoms with Crippen molar-refractivity contribution in [3.8, 4) is 44.8 Å². The van der Waals surface area contributed by atoms with Gasteiger partial charge in [0.15, 0.2) is 0 Å².